The topological polar surface area (TPSA) is 49.4 Å². The van der Waals surface area contributed by atoms with E-state index in [9.17, 15) is 9.59 Å². The van der Waals surface area contributed by atoms with Gasteiger partial charge in [-0.05, 0) is 44.4 Å². The molecule has 4 heteroatoms. The van der Waals surface area contributed by atoms with E-state index in [4.69, 9.17) is 0 Å². The summed E-state index contributed by atoms with van der Waals surface area (Å²) in [6, 6.07) is 0. The molecule has 0 aromatic heterocycles. The largest absolute Gasteiger partial charge is 0.352 e. The monoisotopic (exact) mass is 292 g/mol. The highest BCUT2D eigenvalue weighted by Gasteiger charge is 2.32. The highest BCUT2D eigenvalue weighted by Crippen LogP contribution is 2.31. The Hall–Kier alpha value is -1.32. The molecule has 2 fully saturated rings. The van der Waals surface area contributed by atoms with Gasteiger partial charge in [-0.3, -0.25) is 9.59 Å². The first-order valence-electron chi connectivity index (χ1n) is 8.29. The third kappa shape index (κ3) is 4.32. The van der Waals surface area contributed by atoms with E-state index < -0.39 is 0 Å². The zero-order valence-corrected chi connectivity index (χ0v) is 13.1. The van der Waals surface area contributed by atoms with Gasteiger partial charge in [0.05, 0.1) is 0 Å². The van der Waals surface area contributed by atoms with Crippen molar-refractivity contribution >= 4 is 11.8 Å². The van der Waals surface area contributed by atoms with Crippen molar-refractivity contribution in [2.75, 3.05) is 19.6 Å². The van der Waals surface area contributed by atoms with Crippen molar-refractivity contribution in [3.8, 4) is 0 Å². The van der Waals surface area contributed by atoms with Crippen molar-refractivity contribution in [3.63, 3.8) is 0 Å². The van der Waals surface area contributed by atoms with Gasteiger partial charge in [-0.1, -0.05) is 13.0 Å². The van der Waals surface area contributed by atoms with Gasteiger partial charge in [0.1, 0.15) is 0 Å². The van der Waals surface area contributed by atoms with E-state index in [-0.39, 0.29) is 17.7 Å². The Morgan fingerprint density at radius 1 is 1.10 bits per heavy atom. The standard InChI is InChI=1S/C17H28N2O2/c1-3-10-18-16(20)14-4-6-15(7-5-14)17(21)19-11-8-13(2)9-12-19/h3,13-15H,1,4-12H2,2H3,(H,18,20). The first-order chi connectivity index (χ1) is 10.1. The summed E-state index contributed by atoms with van der Waals surface area (Å²) >= 11 is 0. The minimum Gasteiger partial charge on any atom is -0.352 e. The van der Waals surface area contributed by atoms with E-state index >= 15 is 0 Å². The molecule has 0 spiro atoms. The second-order valence-corrected chi connectivity index (χ2v) is 6.59. The van der Waals surface area contributed by atoms with Crippen LogP contribution < -0.4 is 5.32 Å². The summed E-state index contributed by atoms with van der Waals surface area (Å²) in [5, 5.41) is 2.86. The lowest BCUT2D eigenvalue weighted by atomic mass is 9.80. The molecule has 118 valence electrons. The van der Waals surface area contributed by atoms with Crippen molar-refractivity contribution in [1.29, 1.82) is 0 Å². The van der Waals surface area contributed by atoms with Crippen molar-refractivity contribution < 1.29 is 9.59 Å². The Morgan fingerprint density at radius 2 is 1.67 bits per heavy atom. The number of nitrogens with zero attached hydrogens (tertiary/aromatic N) is 1. The van der Waals surface area contributed by atoms with Gasteiger partial charge >= 0.3 is 0 Å². The van der Waals surface area contributed by atoms with Crippen LogP contribution in [0, 0.1) is 17.8 Å². The molecule has 0 unspecified atom stereocenters. The van der Waals surface area contributed by atoms with Crippen LogP contribution in [0.2, 0.25) is 0 Å². The average molecular weight is 292 g/mol. The van der Waals surface area contributed by atoms with Crippen LogP contribution in [0.3, 0.4) is 0 Å². The Balaban J connectivity index is 1.76. The number of piperidine rings is 1. The molecular formula is C17H28N2O2. The lowest BCUT2D eigenvalue weighted by molar-refractivity contribution is -0.139. The normalized spacial score (nSPS) is 27.2. The molecule has 2 aliphatic rings. The lowest BCUT2D eigenvalue weighted by Crippen LogP contribution is -2.43. The first-order valence-corrected chi connectivity index (χ1v) is 8.29. The maximum Gasteiger partial charge on any atom is 0.225 e. The number of hydrogen-bond donors (Lipinski definition) is 1. The van der Waals surface area contributed by atoms with E-state index in [2.05, 4.69) is 18.8 Å². The summed E-state index contributed by atoms with van der Waals surface area (Å²) < 4.78 is 0. The molecule has 4 nitrogen and oxygen atoms in total. The molecule has 1 aliphatic heterocycles. The molecule has 1 N–H and O–H groups in total. The third-order valence-electron chi connectivity index (χ3n) is 4.96. The molecule has 0 radical (unpaired) electrons. The van der Waals surface area contributed by atoms with Crippen LogP contribution in [0.1, 0.15) is 45.4 Å². The van der Waals surface area contributed by atoms with Gasteiger partial charge in [0.15, 0.2) is 0 Å². The molecule has 1 saturated carbocycles. The molecule has 1 heterocycles. The summed E-state index contributed by atoms with van der Waals surface area (Å²) in [7, 11) is 0. The van der Waals surface area contributed by atoms with E-state index in [1.807, 2.05) is 4.90 Å². The smallest absolute Gasteiger partial charge is 0.225 e. The highest BCUT2D eigenvalue weighted by atomic mass is 16.2. The number of hydrogen-bond acceptors (Lipinski definition) is 2. The van der Waals surface area contributed by atoms with Crippen LogP contribution in [0.5, 0.6) is 0 Å². The van der Waals surface area contributed by atoms with Crippen LogP contribution in [0.15, 0.2) is 12.7 Å². The number of carbonyl (C=O) groups is 2. The van der Waals surface area contributed by atoms with Crippen LogP contribution in [-0.2, 0) is 9.59 Å². The van der Waals surface area contributed by atoms with E-state index in [0.29, 0.717) is 12.5 Å². The molecule has 2 amide bonds. The fourth-order valence-corrected chi connectivity index (χ4v) is 3.41. The zero-order valence-electron chi connectivity index (χ0n) is 13.1. The molecule has 0 aromatic rings. The van der Waals surface area contributed by atoms with Crippen molar-refractivity contribution in [2.45, 2.75) is 45.4 Å². The van der Waals surface area contributed by atoms with Gasteiger partial charge in [0.25, 0.3) is 0 Å². The molecule has 0 bridgehead atoms. The predicted octanol–water partition coefficient (Wildman–Crippen LogP) is 2.35. The summed E-state index contributed by atoms with van der Waals surface area (Å²) in [6.07, 6.45) is 7.35. The maximum atomic E-state index is 12.5. The van der Waals surface area contributed by atoms with Crippen LogP contribution in [0.4, 0.5) is 0 Å². The van der Waals surface area contributed by atoms with Crippen LogP contribution in [0.25, 0.3) is 0 Å². The zero-order chi connectivity index (χ0) is 15.2. The lowest BCUT2D eigenvalue weighted by Gasteiger charge is -2.35. The summed E-state index contributed by atoms with van der Waals surface area (Å²) in [4.78, 5) is 26.5. The summed E-state index contributed by atoms with van der Waals surface area (Å²) in [5.74, 6) is 1.41. The molecule has 2 rings (SSSR count). The van der Waals surface area contributed by atoms with Crippen LogP contribution in [-0.4, -0.2) is 36.3 Å². The first kappa shape index (κ1) is 16.1. The Bertz CT molecular complexity index is 378. The Morgan fingerprint density at radius 3 is 2.24 bits per heavy atom. The van der Waals surface area contributed by atoms with Gasteiger partial charge < -0.3 is 10.2 Å². The molecule has 0 aromatic carbocycles. The van der Waals surface area contributed by atoms with Gasteiger partial charge in [0, 0.05) is 31.5 Å². The van der Waals surface area contributed by atoms with Crippen molar-refractivity contribution in [2.24, 2.45) is 17.8 Å². The van der Waals surface area contributed by atoms with Gasteiger partial charge in [-0.2, -0.15) is 0 Å². The van der Waals surface area contributed by atoms with Gasteiger partial charge in [-0.25, -0.2) is 0 Å². The number of likely N-dealkylation sites (tertiary alicyclic amines) is 1. The van der Waals surface area contributed by atoms with E-state index in [1.165, 1.54) is 0 Å². The Kier molecular flexibility index (Phi) is 5.83. The van der Waals surface area contributed by atoms with Gasteiger partial charge in [0.2, 0.25) is 11.8 Å². The molecular weight excluding hydrogens is 264 g/mol. The summed E-state index contributed by atoms with van der Waals surface area (Å²) in [6.45, 7) is 8.23. The maximum absolute atomic E-state index is 12.5. The minimum atomic E-state index is 0.0791. The molecule has 1 saturated heterocycles. The van der Waals surface area contributed by atoms with Gasteiger partial charge in [-0.15, -0.1) is 6.58 Å². The van der Waals surface area contributed by atoms with Crippen molar-refractivity contribution in [3.05, 3.63) is 12.7 Å². The minimum absolute atomic E-state index is 0.0791. The molecule has 1 aliphatic carbocycles. The number of amides is 2. The second kappa shape index (κ2) is 7.62. The molecule has 21 heavy (non-hydrogen) atoms. The number of carbonyl (C=O) groups excluding carboxylic acids is 2. The third-order valence-corrected chi connectivity index (χ3v) is 4.96. The number of rotatable bonds is 4. The Labute approximate surface area is 128 Å². The average Bonchev–Trinajstić information content (AvgIpc) is 2.53. The second-order valence-electron chi connectivity index (χ2n) is 6.59. The SMILES string of the molecule is C=CCNC(=O)C1CCC(C(=O)N2CCC(C)CC2)CC1. The van der Waals surface area contributed by atoms with Crippen LogP contribution >= 0.6 is 0 Å². The quantitative estimate of drug-likeness (QED) is 0.809. The summed E-state index contributed by atoms with van der Waals surface area (Å²) in [5.41, 5.74) is 0. The van der Waals surface area contributed by atoms with E-state index in [0.717, 1.165) is 57.5 Å². The fraction of sp³-hybridized carbons (Fsp3) is 0.765. The predicted molar refractivity (Wildman–Crippen MR) is 83.6 cm³/mol. The fourth-order valence-electron chi connectivity index (χ4n) is 3.41. The molecule has 0 atom stereocenters. The van der Waals surface area contributed by atoms with E-state index in [1.54, 1.807) is 6.08 Å². The van der Waals surface area contributed by atoms with Crippen molar-refractivity contribution in [1.82, 2.24) is 10.2 Å². The number of nitrogens with one attached hydrogen (secondary N) is 1. The highest BCUT2D eigenvalue weighted by molar-refractivity contribution is 5.81.